The number of piperidine rings is 1. The number of hydrogen-bond donors (Lipinski definition) is 2. The fourth-order valence-corrected chi connectivity index (χ4v) is 2.35. The second kappa shape index (κ2) is 5.83. The summed E-state index contributed by atoms with van der Waals surface area (Å²) in [6.07, 6.45) is 4.88. The summed E-state index contributed by atoms with van der Waals surface area (Å²) in [4.78, 5) is 14.0. The molecule has 17 heavy (non-hydrogen) atoms. The first-order valence-corrected chi connectivity index (χ1v) is 6.85. The molecule has 2 N–H and O–H groups in total. The van der Waals surface area contributed by atoms with Crippen molar-refractivity contribution in [3.05, 3.63) is 0 Å². The number of carbonyl (C=O) groups excluding carboxylic acids is 1. The Morgan fingerprint density at radius 3 is 2.76 bits per heavy atom. The van der Waals surface area contributed by atoms with Gasteiger partial charge in [-0.15, -0.1) is 0 Å². The Morgan fingerprint density at radius 2 is 2.12 bits per heavy atom. The van der Waals surface area contributed by atoms with Crippen LogP contribution in [0, 0.1) is 5.92 Å². The van der Waals surface area contributed by atoms with Gasteiger partial charge in [-0.2, -0.15) is 0 Å². The van der Waals surface area contributed by atoms with E-state index in [-0.39, 0.29) is 5.91 Å². The van der Waals surface area contributed by atoms with E-state index in [9.17, 15) is 4.79 Å². The Balaban J connectivity index is 1.58. The molecular weight excluding hydrogens is 214 g/mol. The Kier molecular flexibility index (Phi) is 4.40. The van der Waals surface area contributed by atoms with Crippen LogP contribution in [0.4, 0.5) is 0 Å². The average molecular weight is 239 g/mol. The lowest BCUT2D eigenvalue weighted by Gasteiger charge is -2.35. The number of likely N-dealkylation sites (tertiary alicyclic amines) is 1. The fraction of sp³-hybridized carbons (Fsp3) is 0.923. The first-order chi connectivity index (χ1) is 8.15. The highest BCUT2D eigenvalue weighted by atomic mass is 16.1. The number of nitrogens with one attached hydrogen (secondary N) is 2. The van der Waals surface area contributed by atoms with Crippen LogP contribution >= 0.6 is 0 Å². The monoisotopic (exact) mass is 239 g/mol. The van der Waals surface area contributed by atoms with E-state index in [1.165, 1.54) is 12.8 Å². The summed E-state index contributed by atoms with van der Waals surface area (Å²) in [5.41, 5.74) is 0. The van der Waals surface area contributed by atoms with E-state index in [4.69, 9.17) is 0 Å². The molecule has 0 aromatic heterocycles. The predicted molar refractivity (Wildman–Crippen MR) is 68.9 cm³/mol. The van der Waals surface area contributed by atoms with Crippen LogP contribution in [0.2, 0.25) is 0 Å². The van der Waals surface area contributed by atoms with Crippen molar-refractivity contribution in [2.75, 3.05) is 26.7 Å². The van der Waals surface area contributed by atoms with Crippen molar-refractivity contribution >= 4 is 5.91 Å². The van der Waals surface area contributed by atoms with Gasteiger partial charge in [0.25, 0.3) is 0 Å². The minimum Gasteiger partial charge on any atom is -0.355 e. The van der Waals surface area contributed by atoms with Crippen LogP contribution in [-0.4, -0.2) is 49.6 Å². The van der Waals surface area contributed by atoms with Gasteiger partial charge < -0.3 is 15.5 Å². The topological polar surface area (TPSA) is 44.4 Å². The van der Waals surface area contributed by atoms with E-state index in [1.807, 2.05) is 0 Å². The Labute approximate surface area is 104 Å². The number of rotatable bonds is 5. The van der Waals surface area contributed by atoms with Crippen LogP contribution in [0.25, 0.3) is 0 Å². The second-order valence-corrected chi connectivity index (χ2v) is 5.68. The molecule has 2 unspecified atom stereocenters. The highest BCUT2D eigenvalue weighted by Gasteiger charge is 2.24. The summed E-state index contributed by atoms with van der Waals surface area (Å²) in [7, 11) is 2.17. The smallest absolute Gasteiger partial charge is 0.233 e. The van der Waals surface area contributed by atoms with Gasteiger partial charge in [0.05, 0.1) is 6.54 Å². The first-order valence-electron chi connectivity index (χ1n) is 6.85. The van der Waals surface area contributed by atoms with Crippen molar-refractivity contribution in [1.82, 2.24) is 15.5 Å². The molecule has 4 nitrogen and oxygen atoms in total. The molecule has 1 amide bonds. The third kappa shape index (κ3) is 4.28. The van der Waals surface area contributed by atoms with Crippen LogP contribution in [0.3, 0.4) is 0 Å². The lowest BCUT2D eigenvalue weighted by Crippen LogP contribution is -2.48. The maximum atomic E-state index is 11.6. The van der Waals surface area contributed by atoms with Crippen LogP contribution in [0.5, 0.6) is 0 Å². The minimum atomic E-state index is 0.156. The third-order valence-corrected chi connectivity index (χ3v) is 4.04. The van der Waals surface area contributed by atoms with E-state index >= 15 is 0 Å². The zero-order valence-corrected chi connectivity index (χ0v) is 11.0. The van der Waals surface area contributed by atoms with Crippen molar-refractivity contribution in [3.63, 3.8) is 0 Å². The van der Waals surface area contributed by atoms with E-state index < -0.39 is 0 Å². The fourth-order valence-electron chi connectivity index (χ4n) is 2.35. The van der Waals surface area contributed by atoms with Gasteiger partial charge in [0.1, 0.15) is 0 Å². The van der Waals surface area contributed by atoms with Crippen LogP contribution < -0.4 is 10.6 Å². The van der Waals surface area contributed by atoms with Gasteiger partial charge in [-0.3, -0.25) is 4.79 Å². The molecule has 0 aromatic carbocycles. The Bertz CT molecular complexity index is 265. The maximum absolute atomic E-state index is 11.6. The molecular formula is C13H25N3O. The molecule has 1 heterocycles. The molecule has 0 radical (unpaired) electrons. The Morgan fingerprint density at radius 1 is 1.35 bits per heavy atom. The quantitative estimate of drug-likeness (QED) is 0.738. The zero-order chi connectivity index (χ0) is 12.3. The summed E-state index contributed by atoms with van der Waals surface area (Å²) in [6.45, 7) is 4.74. The van der Waals surface area contributed by atoms with Gasteiger partial charge in [-0.25, -0.2) is 0 Å². The first kappa shape index (κ1) is 12.8. The van der Waals surface area contributed by atoms with E-state index in [1.54, 1.807) is 0 Å². The molecule has 2 aliphatic rings. The number of carbonyl (C=O) groups is 1. The van der Waals surface area contributed by atoms with Gasteiger partial charge in [-0.1, -0.05) is 0 Å². The standard InChI is InChI=1S/C13H25N3O/c1-10-7-12(5-6-16(10)2)14-9-13(17)15-8-11-3-4-11/h10-12,14H,3-9H2,1-2H3,(H,15,17). The SMILES string of the molecule is CC1CC(NCC(=O)NCC2CC2)CCN1C. The summed E-state index contributed by atoms with van der Waals surface area (Å²) in [5, 5.41) is 6.37. The summed E-state index contributed by atoms with van der Waals surface area (Å²) in [6, 6.07) is 1.13. The lowest BCUT2D eigenvalue weighted by molar-refractivity contribution is -0.120. The van der Waals surface area contributed by atoms with E-state index in [2.05, 4.69) is 29.5 Å². The number of nitrogens with zero attached hydrogens (tertiary/aromatic N) is 1. The zero-order valence-electron chi connectivity index (χ0n) is 11.0. The summed E-state index contributed by atoms with van der Waals surface area (Å²) in [5.74, 6) is 0.922. The molecule has 0 aromatic rings. The lowest BCUT2D eigenvalue weighted by atomic mass is 9.99. The molecule has 1 saturated carbocycles. The third-order valence-electron chi connectivity index (χ3n) is 4.04. The molecule has 2 atom stereocenters. The van der Waals surface area contributed by atoms with Gasteiger partial charge in [-0.05, 0) is 52.1 Å². The molecule has 2 fully saturated rings. The van der Waals surface area contributed by atoms with Gasteiger partial charge in [0.2, 0.25) is 5.91 Å². The van der Waals surface area contributed by atoms with Crippen LogP contribution in [-0.2, 0) is 4.79 Å². The average Bonchev–Trinajstić information content (AvgIpc) is 3.12. The highest BCUT2D eigenvalue weighted by molar-refractivity contribution is 5.78. The molecule has 1 aliphatic heterocycles. The number of amides is 1. The Hall–Kier alpha value is -0.610. The molecule has 98 valence electrons. The molecule has 1 saturated heterocycles. The normalized spacial score (nSPS) is 30.2. The second-order valence-electron chi connectivity index (χ2n) is 5.68. The minimum absolute atomic E-state index is 0.156. The molecule has 1 aliphatic carbocycles. The highest BCUT2D eigenvalue weighted by Crippen LogP contribution is 2.27. The summed E-state index contributed by atoms with van der Waals surface area (Å²) >= 11 is 0. The molecule has 4 heteroatoms. The van der Waals surface area contributed by atoms with Crippen LogP contribution in [0.1, 0.15) is 32.6 Å². The van der Waals surface area contributed by atoms with Gasteiger partial charge >= 0.3 is 0 Å². The van der Waals surface area contributed by atoms with Gasteiger partial charge in [0, 0.05) is 18.6 Å². The van der Waals surface area contributed by atoms with Crippen molar-refractivity contribution in [3.8, 4) is 0 Å². The van der Waals surface area contributed by atoms with Crippen molar-refractivity contribution in [1.29, 1.82) is 0 Å². The van der Waals surface area contributed by atoms with Crippen molar-refractivity contribution in [2.24, 2.45) is 5.92 Å². The van der Waals surface area contributed by atoms with Gasteiger partial charge in [0.15, 0.2) is 0 Å². The number of hydrogen-bond acceptors (Lipinski definition) is 3. The van der Waals surface area contributed by atoms with Crippen molar-refractivity contribution < 1.29 is 4.79 Å². The van der Waals surface area contributed by atoms with E-state index in [0.29, 0.717) is 18.6 Å². The van der Waals surface area contributed by atoms with Crippen molar-refractivity contribution in [2.45, 2.75) is 44.7 Å². The molecule has 0 spiro atoms. The maximum Gasteiger partial charge on any atom is 0.233 e. The molecule has 0 bridgehead atoms. The van der Waals surface area contributed by atoms with Crippen LogP contribution in [0.15, 0.2) is 0 Å². The van der Waals surface area contributed by atoms with E-state index in [0.717, 1.165) is 31.8 Å². The molecule has 2 rings (SSSR count). The largest absolute Gasteiger partial charge is 0.355 e. The predicted octanol–water partition coefficient (Wildman–Crippen LogP) is 0.585. The summed E-state index contributed by atoms with van der Waals surface area (Å²) < 4.78 is 0.